The first-order valence-electron chi connectivity index (χ1n) is 9.66. The molecule has 2 saturated carbocycles. The molecule has 0 aliphatic heterocycles. The average molecular weight is 310 g/mol. The minimum absolute atomic E-state index is 0.435. The maximum Gasteiger partial charge on any atom is 0.115 e. The second-order valence-electron chi connectivity index (χ2n) is 8.24. The number of fused-ring (bicyclic) bond motifs is 5. The summed E-state index contributed by atoms with van der Waals surface area (Å²) in [6.07, 6.45) is 11.8. The lowest BCUT2D eigenvalue weighted by molar-refractivity contribution is 0.0587. The quantitative estimate of drug-likeness (QED) is 0.681. The van der Waals surface area contributed by atoms with E-state index in [1.807, 2.05) is 12.1 Å². The fourth-order valence-corrected chi connectivity index (χ4v) is 6.27. The first-order valence-corrected chi connectivity index (χ1v) is 9.66. The van der Waals surface area contributed by atoms with Crippen LogP contribution in [-0.4, -0.2) is 5.11 Å². The van der Waals surface area contributed by atoms with E-state index in [-0.39, 0.29) is 0 Å². The van der Waals surface area contributed by atoms with Crippen LogP contribution in [0, 0.1) is 17.3 Å². The molecular formula is C22H30O. The zero-order valence-corrected chi connectivity index (χ0v) is 14.5. The van der Waals surface area contributed by atoms with E-state index >= 15 is 0 Å². The van der Waals surface area contributed by atoms with Gasteiger partial charge in [0.05, 0.1) is 0 Å². The van der Waals surface area contributed by atoms with Crippen molar-refractivity contribution in [3.05, 3.63) is 41.5 Å². The van der Waals surface area contributed by atoms with Gasteiger partial charge in [0, 0.05) is 0 Å². The van der Waals surface area contributed by atoms with E-state index in [1.165, 1.54) is 56.9 Å². The molecule has 0 radical (unpaired) electrons. The van der Waals surface area contributed by atoms with Crippen LogP contribution in [-0.2, 0) is 6.42 Å². The molecule has 3 aliphatic carbocycles. The van der Waals surface area contributed by atoms with E-state index in [1.54, 1.807) is 11.1 Å². The highest BCUT2D eigenvalue weighted by Crippen LogP contribution is 2.64. The Kier molecular flexibility index (Phi) is 3.78. The van der Waals surface area contributed by atoms with Crippen molar-refractivity contribution in [2.45, 2.75) is 70.6 Å². The van der Waals surface area contributed by atoms with Crippen LogP contribution in [0.15, 0.2) is 30.4 Å². The molecule has 1 aromatic rings. The van der Waals surface area contributed by atoms with Crippen LogP contribution < -0.4 is 0 Å². The van der Waals surface area contributed by atoms with Crippen molar-refractivity contribution in [2.24, 2.45) is 17.3 Å². The van der Waals surface area contributed by atoms with Crippen molar-refractivity contribution >= 4 is 0 Å². The standard InChI is InChI=1S/C22H30O/c1-3-4-12-22-13-11-19-18-9-7-17(23)14-16(18)6-8-20(19)21(22)10-5-15(22)2/h7,9,14,19-21,23H,2-6,8,10-13H2,1H3. The van der Waals surface area contributed by atoms with E-state index in [0.29, 0.717) is 11.2 Å². The van der Waals surface area contributed by atoms with Gasteiger partial charge < -0.3 is 5.11 Å². The largest absolute Gasteiger partial charge is 0.508 e. The Hall–Kier alpha value is -1.24. The molecule has 0 amide bonds. The molecule has 124 valence electrons. The fraction of sp³-hybridized carbons (Fsp3) is 0.636. The van der Waals surface area contributed by atoms with Crippen molar-refractivity contribution in [2.75, 3.05) is 0 Å². The number of allylic oxidation sites excluding steroid dienone is 1. The van der Waals surface area contributed by atoms with Gasteiger partial charge >= 0.3 is 0 Å². The summed E-state index contributed by atoms with van der Waals surface area (Å²) < 4.78 is 0. The summed E-state index contributed by atoms with van der Waals surface area (Å²) in [6, 6.07) is 6.12. The van der Waals surface area contributed by atoms with Gasteiger partial charge in [-0.15, -0.1) is 0 Å². The predicted molar refractivity (Wildman–Crippen MR) is 95.7 cm³/mol. The van der Waals surface area contributed by atoms with Crippen LogP contribution in [0.5, 0.6) is 5.75 Å². The molecule has 0 heterocycles. The Morgan fingerprint density at radius 1 is 1.22 bits per heavy atom. The maximum absolute atomic E-state index is 9.80. The molecule has 4 atom stereocenters. The van der Waals surface area contributed by atoms with Crippen molar-refractivity contribution in [1.82, 2.24) is 0 Å². The Balaban J connectivity index is 1.67. The van der Waals surface area contributed by atoms with Crippen LogP contribution in [0.25, 0.3) is 0 Å². The van der Waals surface area contributed by atoms with Gasteiger partial charge in [-0.2, -0.15) is 0 Å². The minimum Gasteiger partial charge on any atom is -0.508 e. The number of rotatable bonds is 3. The highest BCUT2D eigenvalue weighted by atomic mass is 16.3. The number of hydrogen-bond donors (Lipinski definition) is 1. The SMILES string of the molecule is C=C1CCC2C3CCc4cc(O)ccc4C3CCC12CCCC. The molecule has 1 heteroatoms. The average Bonchev–Trinajstić information content (AvgIpc) is 2.89. The van der Waals surface area contributed by atoms with E-state index < -0.39 is 0 Å². The Morgan fingerprint density at radius 2 is 2.09 bits per heavy atom. The summed E-state index contributed by atoms with van der Waals surface area (Å²) in [5, 5.41) is 9.80. The molecule has 0 spiro atoms. The number of benzene rings is 1. The summed E-state index contributed by atoms with van der Waals surface area (Å²) in [5.41, 5.74) is 4.99. The number of phenols is 1. The molecule has 2 fully saturated rings. The van der Waals surface area contributed by atoms with Crippen molar-refractivity contribution < 1.29 is 5.11 Å². The van der Waals surface area contributed by atoms with Gasteiger partial charge in [-0.1, -0.05) is 38.0 Å². The summed E-state index contributed by atoms with van der Waals surface area (Å²) in [5.74, 6) is 2.87. The van der Waals surface area contributed by atoms with Crippen LogP contribution in [0.3, 0.4) is 0 Å². The minimum atomic E-state index is 0.435. The molecule has 4 rings (SSSR count). The van der Waals surface area contributed by atoms with E-state index in [9.17, 15) is 5.11 Å². The normalized spacial score (nSPS) is 35.5. The van der Waals surface area contributed by atoms with Crippen molar-refractivity contribution in [3.63, 3.8) is 0 Å². The molecule has 4 unspecified atom stereocenters. The molecule has 1 nitrogen and oxygen atoms in total. The molecule has 1 N–H and O–H groups in total. The lowest BCUT2D eigenvalue weighted by Gasteiger charge is -2.51. The molecular weight excluding hydrogens is 280 g/mol. The molecule has 0 bridgehead atoms. The van der Waals surface area contributed by atoms with Crippen LogP contribution >= 0.6 is 0 Å². The third-order valence-corrected chi connectivity index (χ3v) is 7.36. The van der Waals surface area contributed by atoms with Gasteiger partial charge in [-0.3, -0.25) is 0 Å². The van der Waals surface area contributed by atoms with Crippen LogP contribution in [0.2, 0.25) is 0 Å². The topological polar surface area (TPSA) is 20.2 Å². The monoisotopic (exact) mass is 310 g/mol. The van der Waals surface area contributed by atoms with E-state index in [4.69, 9.17) is 0 Å². The Bertz CT molecular complexity index is 616. The zero-order chi connectivity index (χ0) is 16.0. The third-order valence-electron chi connectivity index (χ3n) is 7.36. The lowest BCUT2D eigenvalue weighted by atomic mass is 9.53. The van der Waals surface area contributed by atoms with E-state index in [2.05, 4.69) is 19.6 Å². The predicted octanol–water partition coefficient (Wildman–Crippen LogP) is 5.97. The first-order chi connectivity index (χ1) is 11.2. The van der Waals surface area contributed by atoms with Gasteiger partial charge in [0.1, 0.15) is 5.75 Å². The first kappa shape index (κ1) is 15.3. The number of aryl methyl sites for hydroxylation is 1. The molecule has 0 aromatic heterocycles. The molecule has 23 heavy (non-hydrogen) atoms. The van der Waals surface area contributed by atoms with Gasteiger partial charge in [0.25, 0.3) is 0 Å². The van der Waals surface area contributed by atoms with Crippen molar-refractivity contribution in [3.8, 4) is 5.75 Å². The highest BCUT2D eigenvalue weighted by Gasteiger charge is 2.53. The summed E-state index contributed by atoms with van der Waals surface area (Å²) in [7, 11) is 0. The van der Waals surface area contributed by atoms with Gasteiger partial charge in [0.2, 0.25) is 0 Å². The Labute approximate surface area is 140 Å². The van der Waals surface area contributed by atoms with Crippen LogP contribution in [0.4, 0.5) is 0 Å². The smallest absolute Gasteiger partial charge is 0.115 e. The van der Waals surface area contributed by atoms with Gasteiger partial charge in [-0.05, 0) is 91.4 Å². The molecule has 0 saturated heterocycles. The number of unbranched alkanes of at least 4 members (excludes halogenated alkanes) is 1. The molecule has 3 aliphatic rings. The second kappa shape index (κ2) is 5.69. The van der Waals surface area contributed by atoms with Crippen molar-refractivity contribution in [1.29, 1.82) is 0 Å². The molecule has 1 aromatic carbocycles. The fourth-order valence-electron chi connectivity index (χ4n) is 6.27. The number of aromatic hydroxyl groups is 1. The Morgan fingerprint density at radius 3 is 2.91 bits per heavy atom. The summed E-state index contributed by atoms with van der Waals surface area (Å²) in [4.78, 5) is 0. The zero-order valence-electron chi connectivity index (χ0n) is 14.5. The van der Waals surface area contributed by atoms with Gasteiger partial charge in [0.15, 0.2) is 0 Å². The number of hydrogen-bond acceptors (Lipinski definition) is 1. The van der Waals surface area contributed by atoms with Gasteiger partial charge in [-0.25, -0.2) is 0 Å². The lowest BCUT2D eigenvalue weighted by Crippen LogP contribution is -2.41. The summed E-state index contributed by atoms with van der Waals surface area (Å²) in [6.45, 7) is 6.84. The number of phenolic OH excluding ortho intramolecular Hbond substituents is 1. The van der Waals surface area contributed by atoms with Crippen LogP contribution in [0.1, 0.15) is 75.3 Å². The second-order valence-corrected chi connectivity index (χ2v) is 8.24. The summed E-state index contributed by atoms with van der Waals surface area (Å²) >= 11 is 0. The third kappa shape index (κ3) is 2.27. The highest BCUT2D eigenvalue weighted by molar-refractivity contribution is 5.40. The maximum atomic E-state index is 9.80. The van der Waals surface area contributed by atoms with E-state index in [0.717, 1.165) is 24.2 Å².